The number of ether oxygens (including phenoxy) is 1. The summed E-state index contributed by atoms with van der Waals surface area (Å²) in [6.07, 6.45) is 2.47. The van der Waals surface area contributed by atoms with Crippen molar-refractivity contribution in [2.45, 2.75) is 14.9 Å². The van der Waals surface area contributed by atoms with E-state index in [-0.39, 0.29) is 104 Å². The number of aromatic carboxylic acids is 1. The minimum Gasteiger partial charge on any atom is -0.870 e. The quantitative estimate of drug-likeness (QED) is 0.148. The van der Waals surface area contributed by atoms with Crippen molar-refractivity contribution in [2.24, 2.45) is 0 Å². The summed E-state index contributed by atoms with van der Waals surface area (Å²) in [4.78, 5) is 46.5. The predicted molar refractivity (Wildman–Crippen MR) is 160 cm³/mol. The molecule has 0 saturated heterocycles. The van der Waals surface area contributed by atoms with Gasteiger partial charge in [-0.3, -0.25) is 19.8 Å². The van der Waals surface area contributed by atoms with E-state index in [1.165, 1.54) is 31.6 Å². The topological polar surface area (TPSA) is 209 Å². The predicted octanol–water partition coefficient (Wildman–Crippen LogP) is 3.52. The van der Waals surface area contributed by atoms with Crippen LogP contribution in [0.25, 0.3) is 0 Å². The maximum absolute atomic E-state index is 12.1. The Morgan fingerprint density at radius 2 is 1.09 bits per heavy atom. The van der Waals surface area contributed by atoms with Gasteiger partial charge in [0.2, 0.25) is 0 Å². The number of aromatic amines is 2. The van der Waals surface area contributed by atoms with Crippen LogP contribution in [0.5, 0.6) is 0 Å². The molecule has 6 N–H and O–H groups in total. The molecule has 2 aromatic carbocycles. The fraction of sp³-hybridized carbons (Fsp3) is 0.120. The summed E-state index contributed by atoms with van der Waals surface area (Å²) in [6.45, 7) is 0. The van der Waals surface area contributed by atoms with Crippen LogP contribution < -0.4 is 40.2 Å². The fourth-order valence-corrected chi connectivity index (χ4v) is 4.12. The number of esters is 1. The molecule has 0 aliphatic heterocycles. The molecule has 0 aliphatic rings. The van der Waals surface area contributed by atoms with Crippen LogP contribution in [-0.2, 0) is 4.74 Å². The number of halogens is 4. The van der Waals surface area contributed by atoms with Gasteiger partial charge in [-0.2, -0.15) is 10.2 Å². The Balaban J connectivity index is 0. The van der Waals surface area contributed by atoms with E-state index in [2.05, 4.69) is 35.8 Å². The van der Waals surface area contributed by atoms with E-state index in [0.29, 0.717) is 0 Å². The normalized spacial score (nSPS) is 9.23. The van der Waals surface area contributed by atoms with E-state index in [0.717, 1.165) is 0 Å². The molecule has 0 atom stereocenters. The number of hydrogen-bond acceptors (Lipinski definition) is 8. The van der Waals surface area contributed by atoms with E-state index in [1.54, 1.807) is 24.3 Å². The number of H-pyrrole nitrogens is 2. The monoisotopic (exact) mass is 684 g/mol. The number of carboxylic acids is 1. The van der Waals surface area contributed by atoms with E-state index in [9.17, 15) is 19.2 Å². The summed E-state index contributed by atoms with van der Waals surface area (Å²) in [5.74, 6) is -3.05. The Kier molecular flexibility index (Phi) is 18.8. The number of carboxylic acid groups (broad SMARTS) is 1. The van der Waals surface area contributed by atoms with Crippen LogP contribution in [0.4, 0.5) is 11.4 Å². The molecule has 4 aromatic rings. The van der Waals surface area contributed by atoms with Gasteiger partial charge in [-0.25, -0.2) is 9.59 Å². The Morgan fingerprint density at radius 3 is 1.44 bits per heavy atom. The number of nitrogens with one attached hydrogen (secondary N) is 4. The van der Waals surface area contributed by atoms with Crippen molar-refractivity contribution in [3.8, 4) is 0 Å². The van der Waals surface area contributed by atoms with Crippen LogP contribution in [0.15, 0.2) is 48.8 Å². The molecule has 0 aliphatic carbocycles. The number of methoxy groups -OCH3 is 1. The second-order valence-corrected chi connectivity index (χ2v) is 8.84. The number of hydrogen-bond donors (Lipinski definition) is 5. The molecule has 0 unspecified atom stereocenters. The average molecular weight is 686 g/mol. The molecule has 43 heavy (non-hydrogen) atoms. The van der Waals surface area contributed by atoms with Gasteiger partial charge >= 0.3 is 41.5 Å². The van der Waals surface area contributed by atoms with Gasteiger partial charge in [0.1, 0.15) is 0 Å². The first-order valence-corrected chi connectivity index (χ1v) is 11.9. The van der Waals surface area contributed by atoms with Gasteiger partial charge in [-0.1, -0.05) is 73.4 Å². The third kappa shape index (κ3) is 10.5. The summed E-state index contributed by atoms with van der Waals surface area (Å²) in [5, 5.41) is 26.4. The van der Waals surface area contributed by atoms with Gasteiger partial charge in [0, 0.05) is 0 Å². The third-order valence-corrected chi connectivity index (χ3v) is 6.02. The molecule has 0 radical (unpaired) electrons. The summed E-state index contributed by atoms with van der Waals surface area (Å²) in [6, 6.07) is 9.32. The number of anilines is 2. The van der Waals surface area contributed by atoms with E-state index in [4.69, 9.17) is 51.5 Å². The van der Waals surface area contributed by atoms with Crippen molar-refractivity contribution in [3.63, 3.8) is 0 Å². The van der Waals surface area contributed by atoms with Gasteiger partial charge in [0.25, 0.3) is 11.8 Å². The zero-order valence-corrected chi connectivity index (χ0v) is 26.0. The molecule has 2 amide bonds. The molecule has 226 valence electrons. The van der Waals surface area contributed by atoms with Crippen molar-refractivity contribution < 1.29 is 64.1 Å². The Hall–Kier alpha value is -3.14. The van der Waals surface area contributed by atoms with Gasteiger partial charge in [0.05, 0.1) is 62.1 Å². The molecule has 2 heterocycles. The standard InChI is InChI=1S/C12H9Cl2N3O3.C11H7Cl2N3O3.2CH4.Na.H2O/c1-20-12(19)10-8(5-15-17-10)16-11(18)9-6(13)3-2-4-7(9)14;12-5-2-1-3-6(13)8(5)10(17)15-7-4-14-16-9(7)11(18)19;;;;/h2-5H,1H3,(H,15,17)(H,16,18);1-4H,(H,14,16)(H,15,17)(H,18,19);2*1H4;;1H2/q;;;;+1;/p-1. The number of rotatable bonds is 6. The Labute approximate surface area is 288 Å². The van der Waals surface area contributed by atoms with E-state index < -0.39 is 23.8 Å². The first-order chi connectivity index (χ1) is 18.5. The number of aromatic nitrogens is 4. The van der Waals surface area contributed by atoms with Gasteiger partial charge in [-0.15, -0.1) is 0 Å². The average Bonchev–Trinajstić information content (AvgIpc) is 3.53. The fourth-order valence-electron chi connectivity index (χ4n) is 2.98. The molecule has 0 bridgehead atoms. The van der Waals surface area contributed by atoms with Crippen molar-refractivity contribution in [1.82, 2.24) is 20.4 Å². The first-order valence-electron chi connectivity index (χ1n) is 10.4. The minimum atomic E-state index is -1.24. The molecular formula is C25H25Cl4N6NaO7. The van der Waals surface area contributed by atoms with Crippen molar-refractivity contribution in [1.29, 1.82) is 0 Å². The largest absolute Gasteiger partial charge is 1.00 e. The smallest absolute Gasteiger partial charge is 0.870 e. The molecule has 18 heteroatoms. The van der Waals surface area contributed by atoms with Gasteiger partial charge in [0.15, 0.2) is 11.4 Å². The number of amides is 2. The molecule has 2 aromatic heterocycles. The zero-order valence-electron chi connectivity index (χ0n) is 21.0. The van der Waals surface area contributed by atoms with Crippen LogP contribution >= 0.6 is 46.4 Å². The van der Waals surface area contributed by atoms with Crippen molar-refractivity contribution >= 4 is 81.5 Å². The molecule has 13 nitrogen and oxygen atoms in total. The Morgan fingerprint density at radius 1 is 0.744 bits per heavy atom. The summed E-state index contributed by atoms with van der Waals surface area (Å²) in [7, 11) is 1.22. The van der Waals surface area contributed by atoms with E-state index in [1.807, 2.05) is 0 Å². The van der Waals surface area contributed by atoms with Crippen molar-refractivity contribution in [3.05, 3.63) is 91.4 Å². The third-order valence-electron chi connectivity index (χ3n) is 4.76. The summed E-state index contributed by atoms with van der Waals surface area (Å²) in [5.41, 5.74) is 0.211. The molecule has 0 saturated carbocycles. The zero-order chi connectivity index (χ0) is 28.7. The number of benzene rings is 2. The van der Waals surface area contributed by atoms with Gasteiger partial charge in [-0.05, 0) is 24.3 Å². The summed E-state index contributed by atoms with van der Waals surface area (Å²) < 4.78 is 4.56. The Bertz CT molecular complexity index is 1520. The number of carbonyl (C=O) groups excluding carboxylic acids is 3. The minimum absolute atomic E-state index is 0. The molecule has 0 spiro atoms. The van der Waals surface area contributed by atoms with Crippen LogP contribution in [0.2, 0.25) is 20.1 Å². The molecule has 0 fully saturated rings. The van der Waals surface area contributed by atoms with Crippen LogP contribution in [0.1, 0.15) is 56.5 Å². The maximum Gasteiger partial charge on any atom is 1.00 e. The SMILES string of the molecule is C.C.COC(=O)c1[nH]ncc1NC(=O)c1c(Cl)cccc1Cl.O=C(O)c1[nH]ncc1NC(=O)c1c(Cl)cccc1Cl.[Na+].[OH-]. The van der Waals surface area contributed by atoms with Crippen LogP contribution in [0, 0.1) is 0 Å². The maximum atomic E-state index is 12.1. The van der Waals surface area contributed by atoms with E-state index >= 15 is 0 Å². The van der Waals surface area contributed by atoms with Crippen molar-refractivity contribution in [2.75, 3.05) is 17.7 Å². The van der Waals surface area contributed by atoms with Crippen LogP contribution in [-0.4, -0.2) is 61.8 Å². The molecule has 4 rings (SSSR count). The van der Waals surface area contributed by atoms with Gasteiger partial charge < -0.3 is 26.0 Å². The van der Waals surface area contributed by atoms with Crippen LogP contribution in [0.3, 0.4) is 0 Å². The number of nitrogens with zero attached hydrogens (tertiary/aromatic N) is 2. The summed E-state index contributed by atoms with van der Waals surface area (Å²) >= 11 is 23.6. The molecular weight excluding hydrogens is 661 g/mol. The second kappa shape index (κ2) is 19.2. The number of carbonyl (C=O) groups is 4. The second-order valence-electron chi connectivity index (χ2n) is 7.22. The first kappa shape index (κ1) is 42.0.